The number of hydrazone groups is 1. The van der Waals surface area contributed by atoms with Crippen LogP contribution >= 0.6 is 0 Å². The maximum absolute atomic E-state index is 14.7. The van der Waals surface area contributed by atoms with E-state index in [-0.39, 0.29) is 16.7 Å². The second-order valence-electron chi connectivity index (χ2n) is 7.32. The Kier molecular flexibility index (Phi) is 5.31. The molecule has 2 aromatic rings. The van der Waals surface area contributed by atoms with Crippen molar-refractivity contribution in [2.45, 2.75) is 33.2 Å². The molecule has 1 aliphatic heterocycles. The monoisotopic (exact) mass is 383 g/mol. The Morgan fingerprint density at radius 3 is 2.54 bits per heavy atom. The van der Waals surface area contributed by atoms with Crippen LogP contribution in [0.2, 0.25) is 0 Å². The van der Waals surface area contributed by atoms with Gasteiger partial charge in [-0.15, -0.1) is 0 Å². The van der Waals surface area contributed by atoms with Gasteiger partial charge in [0.25, 0.3) is 5.91 Å². The quantitative estimate of drug-likeness (QED) is 0.612. The van der Waals surface area contributed by atoms with Crippen molar-refractivity contribution in [2.24, 2.45) is 5.10 Å². The number of hydrogen-bond acceptors (Lipinski definition) is 3. The molecule has 0 bridgehead atoms. The first kappa shape index (κ1) is 19.7. The summed E-state index contributed by atoms with van der Waals surface area (Å²) in [5.41, 5.74) is 5.53. The number of carbonyl (C=O) groups is 1. The van der Waals surface area contributed by atoms with E-state index in [2.05, 4.69) is 35.4 Å². The molecule has 6 heteroatoms. The number of hydrogen-bond donors (Lipinski definition) is 1. The Labute approximate surface area is 163 Å². The highest BCUT2D eigenvalue weighted by Gasteiger charge is 2.30. The molecule has 1 heterocycles. The third kappa shape index (κ3) is 3.81. The van der Waals surface area contributed by atoms with Gasteiger partial charge in [0.2, 0.25) is 0 Å². The number of carbonyl (C=O) groups excluding carboxylic acids is 1. The fourth-order valence-electron chi connectivity index (χ4n) is 3.62. The standard InChI is InChI=1S/C22H23F2N3O/c1-5-27-20-11-19(24)16(10-18(20)14(2)12-22(27,3)4)13-25-26-21(28)15-6-8-17(23)9-7-15/h6-13H,5H2,1-4H3,(H,26,28)/b25-13-. The van der Waals surface area contributed by atoms with Crippen molar-refractivity contribution in [3.8, 4) is 0 Å². The van der Waals surface area contributed by atoms with Crippen molar-refractivity contribution in [2.75, 3.05) is 11.4 Å². The van der Waals surface area contributed by atoms with Gasteiger partial charge < -0.3 is 4.90 Å². The Balaban J connectivity index is 1.84. The van der Waals surface area contributed by atoms with Crippen LogP contribution in [0.1, 0.15) is 49.2 Å². The van der Waals surface area contributed by atoms with Crippen LogP contribution in [0.15, 0.2) is 47.6 Å². The first-order valence-electron chi connectivity index (χ1n) is 9.13. The fraction of sp³-hybridized carbons (Fsp3) is 0.273. The van der Waals surface area contributed by atoms with Crippen molar-refractivity contribution in [1.82, 2.24) is 5.43 Å². The van der Waals surface area contributed by atoms with E-state index < -0.39 is 17.5 Å². The van der Waals surface area contributed by atoms with E-state index in [4.69, 9.17) is 0 Å². The average molecular weight is 383 g/mol. The fourth-order valence-corrected chi connectivity index (χ4v) is 3.62. The summed E-state index contributed by atoms with van der Waals surface area (Å²) in [6.45, 7) is 8.99. The SMILES string of the molecule is CCN1c2cc(F)c(/C=N\NC(=O)c3ccc(F)cc3)cc2C(C)=CC1(C)C. The number of nitrogens with one attached hydrogen (secondary N) is 1. The molecule has 0 radical (unpaired) electrons. The molecule has 1 amide bonds. The molecule has 146 valence electrons. The molecule has 1 aliphatic rings. The van der Waals surface area contributed by atoms with Gasteiger partial charge in [-0.25, -0.2) is 14.2 Å². The lowest BCUT2D eigenvalue weighted by Crippen LogP contribution is -2.45. The molecular formula is C22H23F2N3O. The summed E-state index contributed by atoms with van der Waals surface area (Å²) in [5, 5.41) is 3.85. The normalized spacial score (nSPS) is 15.4. The summed E-state index contributed by atoms with van der Waals surface area (Å²) in [6.07, 6.45) is 3.44. The molecule has 0 aliphatic carbocycles. The molecule has 0 saturated carbocycles. The number of anilines is 1. The van der Waals surface area contributed by atoms with Gasteiger partial charge >= 0.3 is 0 Å². The van der Waals surface area contributed by atoms with Crippen molar-refractivity contribution in [3.05, 3.63) is 70.8 Å². The lowest BCUT2D eigenvalue weighted by molar-refractivity contribution is 0.0955. The third-order valence-electron chi connectivity index (χ3n) is 4.89. The van der Waals surface area contributed by atoms with Gasteiger partial charge in [0.15, 0.2) is 0 Å². The van der Waals surface area contributed by atoms with Crippen molar-refractivity contribution in [1.29, 1.82) is 0 Å². The minimum absolute atomic E-state index is 0.197. The first-order valence-corrected chi connectivity index (χ1v) is 9.13. The van der Waals surface area contributed by atoms with Gasteiger partial charge in [-0.05, 0) is 69.7 Å². The Bertz CT molecular complexity index is 962. The zero-order chi connectivity index (χ0) is 20.5. The van der Waals surface area contributed by atoms with Crippen LogP contribution in [0.4, 0.5) is 14.5 Å². The number of allylic oxidation sites excluding steroid dienone is 1. The lowest BCUT2D eigenvalue weighted by atomic mass is 9.88. The summed E-state index contributed by atoms with van der Waals surface area (Å²) < 4.78 is 27.6. The van der Waals surface area contributed by atoms with Gasteiger partial charge in [0.05, 0.1) is 11.8 Å². The van der Waals surface area contributed by atoms with Crippen LogP contribution in [-0.4, -0.2) is 24.2 Å². The van der Waals surface area contributed by atoms with Crippen LogP contribution < -0.4 is 10.3 Å². The van der Waals surface area contributed by atoms with Crippen LogP contribution in [0.3, 0.4) is 0 Å². The van der Waals surface area contributed by atoms with Gasteiger partial charge in [0.1, 0.15) is 11.6 Å². The largest absolute Gasteiger partial charge is 0.363 e. The van der Waals surface area contributed by atoms with E-state index in [0.29, 0.717) is 0 Å². The van der Waals surface area contributed by atoms with E-state index in [0.717, 1.165) is 23.4 Å². The highest BCUT2D eigenvalue weighted by Crippen LogP contribution is 2.39. The van der Waals surface area contributed by atoms with Crippen molar-refractivity contribution >= 4 is 23.4 Å². The third-order valence-corrected chi connectivity index (χ3v) is 4.89. The second kappa shape index (κ2) is 7.54. The van der Waals surface area contributed by atoms with Gasteiger partial charge in [-0.2, -0.15) is 5.10 Å². The molecule has 1 N–H and O–H groups in total. The maximum atomic E-state index is 14.7. The van der Waals surface area contributed by atoms with E-state index in [9.17, 15) is 13.6 Å². The highest BCUT2D eigenvalue weighted by molar-refractivity contribution is 5.95. The maximum Gasteiger partial charge on any atom is 0.271 e. The number of likely N-dealkylation sites (N-methyl/N-ethyl adjacent to an activating group) is 1. The number of halogens is 2. The molecule has 0 saturated heterocycles. The number of benzene rings is 2. The van der Waals surface area contributed by atoms with Crippen LogP contribution in [-0.2, 0) is 0 Å². The van der Waals surface area contributed by atoms with E-state index in [1.165, 1.54) is 36.5 Å². The second-order valence-corrected chi connectivity index (χ2v) is 7.32. The Morgan fingerprint density at radius 1 is 1.21 bits per heavy atom. The topological polar surface area (TPSA) is 44.7 Å². The van der Waals surface area contributed by atoms with Gasteiger partial charge in [-0.1, -0.05) is 6.08 Å². The lowest BCUT2D eigenvalue weighted by Gasteiger charge is -2.42. The van der Waals surface area contributed by atoms with Crippen LogP contribution in [0.5, 0.6) is 0 Å². The number of nitrogens with zero attached hydrogens (tertiary/aromatic N) is 2. The van der Waals surface area contributed by atoms with E-state index in [1.54, 1.807) is 6.07 Å². The number of amides is 1. The summed E-state index contributed by atoms with van der Waals surface area (Å²) in [5.74, 6) is -1.34. The number of rotatable bonds is 4. The number of fused-ring (bicyclic) bond motifs is 1. The highest BCUT2D eigenvalue weighted by atomic mass is 19.1. The predicted octanol–water partition coefficient (Wildman–Crippen LogP) is 4.75. The van der Waals surface area contributed by atoms with Gasteiger partial charge in [0, 0.05) is 28.9 Å². The average Bonchev–Trinajstić information content (AvgIpc) is 2.62. The zero-order valence-corrected chi connectivity index (χ0v) is 16.4. The molecule has 2 aromatic carbocycles. The summed E-state index contributed by atoms with van der Waals surface area (Å²) in [6, 6.07) is 8.35. The minimum atomic E-state index is -0.496. The minimum Gasteiger partial charge on any atom is -0.363 e. The molecule has 0 atom stereocenters. The molecule has 0 unspecified atom stereocenters. The molecule has 0 aromatic heterocycles. The molecule has 3 rings (SSSR count). The Morgan fingerprint density at radius 2 is 1.89 bits per heavy atom. The van der Waals surface area contributed by atoms with E-state index in [1.807, 2.05) is 13.8 Å². The van der Waals surface area contributed by atoms with Crippen LogP contribution in [0, 0.1) is 11.6 Å². The summed E-state index contributed by atoms with van der Waals surface area (Å²) >= 11 is 0. The summed E-state index contributed by atoms with van der Waals surface area (Å²) in [4.78, 5) is 14.2. The predicted molar refractivity (Wildman–Crippen MR) is 109 cm³/mol. The van der Waals surface area contributed by atoms with Crippen LogP contribution in [0.25, 0.3) is 5.57 Å². The van der Waals surface area contributed by atoms with Gasteiger partial charge in [-0.3, -0.25) is 4.79 Å². The molecule has 28 heavy (non-hydrogen) atoms. The first-order chi connectivity index (χ1) is 13.2. The Hall–Kier alpha value is -3.02. The molecule has 0 fully saturated rings. The molecule has 0 spiro atoms. The molecular weight excluding hydrogens is 360 g/mol. The zero-order valence-electron chi connectivity index (χ0n) is 16.4. The van der Waals surface area contributed by atoms with Crippen molar-refractivity contribution < 1.29 is 13.6 Å². The molecule has 4 nitrogen and oxygen atoms in total. The van der Waals surface area contributed by atoms with E-state index >= 15 is 0 Å². The summed E-state index contributed by atoms with van der Waals surface area (Å²) in [7, 11) is 0. The van der Waals surface area contributed by atoms with Crippen molar-refractivity contribution in [3.63, 3.8) is 0 Å². The smallest absolute Gasteiger partial charge is 0.271 e.